The Hall–Kier alpha value is -2.98. The molecule has 0 atom stereocenters. The van der Waals surface area contributed by atoms with Crippen LogP contribution in [0.25, 0.3) is 22.3 Å². The van der Waals surface area contributed by atoms with Gasteiger partial charge in [0, 0.05) is 19.2 Å². The smallest absolute Gasteiger partial charge is 0.170 e. The van der Waals surface area contributed by atoms with Gasteiger partial charge in [-0.2, -0.15) is 5.26 Å². The van der Waals surface area contributed by atoms with E-state index in [4.69, 9.17) is 4.74 Å². The quantitative estimate of drug-likeness (QED) is 0.560. The predicted molar refractivity (Wildman–Crippen MR) is 109 cm³/mol. The summed E-state index contributed by atoms with van der Waals surface area (Å²) in [5, 5.41) is 17.4. The molecule has 2 heterocycles. The standard InChI is InChI=1S/C21H26N6O/c1-5-27(6-2)10-7-11-28-20-9-8-16(12-15(20)3)17-13-19-21(18(14-22)23-17)24-25-26(19)4/h8-9,12-13H,5-7,10-11H2,1-4H3. The van der Waals surface area contributed by atoms with E-state index in [0.717, 1.165) is 54.1 Å². The van der Waals surface area contributed by atoms with Crippen molar-refractivity contribution < 1.29 is 4.74 Å². The lowest BCUT2D eigenvalue weighted by molar-refractivity contribution is 0.248. The zero-order chi connectivity index (χ0) is 20.1. The van der Waals surface area contributed by atoms with Gasteiger partial charge in [0.2, 0.25) is 0 Å². The summed E-state index contributed by atoms with van der Waals surface area (Å²) >= 11 is 0. The fourth-order valence-electron chi connectivity index (χ4n) is 3.24. The number of pyridine rings is 1. The van der Waals surface area contributed by atoms with E-state index in [1.165, 1.54) is 0 Å². The molecular weight excluding hydrogens is 352 g/mol. The summed E-state index contributed by atoms with van der Waals surface area (Å²) in [5.74, 6) is 0.882. The van der Waals surface area contributed by atoms with Gasteiger partial charge in [0.15, 0.2) is 5.69 Å². The van der Waals surface area contributed by atoms with E-state index in [2.05, 4.69) is 40.1 Å². The van der Waals surface area contributed by atoms with E-state index < -0.39 is 0 Å². The molecule has 0 saturated heterocycles. The average molecular weight is 378 g/mol. The second-order valence-corrected chi connectivity index (χ2v) is 6.76. The summed E-state index contributed by atoms with van der Waals surface area (Å²) in [4.78, 5) is 6.85. The van der Waals surface area contributed by atoms with Gasteiger partial charge in [-0.05, 0) is 56.3 Å². The van der Waals surface area contributed by atoms with Gasteiger partial charge in [0.25, 0.3) is 0 Å². The van der Waals surface area contributed by atoms with Crippen LogP contribution in [0.3, 0.4) is 0 Å². The van der Waals surface area contributed by atoms with Crippen LogP contribution < -0.4 is 4.74 Å². The first-order chi connectivity index (χ1) is 13.6. The molecule has 0 amide bonds. The lowest BCUT2D eigenvalue weighted by atomic mass is 10.1. The van der Waals surface area contributed by atoms with E-state index in [9.17, 15) is 5.26 Å². The second kappa shape index (κ2) is 8.81. The molecule has 0 aliphatic heterocycles. The molecule has 0 aliphatic carbocycles. The molecule has 28 heavy (non-hydrogen) atoms. The summed E-state index contributed by atoms with van der Waals surface area (Å²) in [5.41, 5.74) is 4.31. The molecule has 0 aliphatic rings. The monoisotopic (exact) mass is 378 g/mol. The Kier molecular flexibility index (Phi) is 6.22. The fourth-order valence-corrected chi connectivity index (χ4v) is 3.24. The zero-order valence-electron chi connectivity index (χ0n) is 16.9. The first-order valence-corrected chi connectivity index (χ1v) is 9.64. The summed E-state index contributed by atoms with van der Waals surface area (Å²) in [6.07, 6.45) is 1.00. The third-order valence-corrected chi connectivity index (χ3v) is 4.95. The van der Waals surface area contributed by atoms with Crippen LogP contribution in [-0.2, 0) is 7.05 Å². The van der Waals surface area contributed by atoms with Gasteiger partial charge in [-0.25, -0.2) is 9.67 Å². The topological polar surface area (TPSA) is 79.9 Å². The van der Waals surface area contributed by atoms with Gasteiger partial charge in [0.1, 0.15) is 17.3 Å². The Morgan fingerprint density at radius 3 is 2.68 bits per heavy atom. The van der Waals surface area contributed by atoms with Crippen molar-refractivity contribution in [3.63, 3.8) is 0 Å². The Balaban J connectivity index is 1.76. The summed E-state index contributed by atoms with van der Waals surface area (Å²) in [6, 6.07) is 10.0. The van der Waals surface area contributed by atoms with Gasteiger partial charge < -0.3 is 9.64 Å². The number of hydrogen-bond acceptors (Lipinski definition) is 6. The van der Waals surface area contributed by atoms with Crippen LogP contribution in [0.5, 0.6) is 5.75 Å². The maximum atomic E-state index is 9.40. The van der Waals surface area contributed by atoms with Crippen LogP contribution in [0.1, 0.15) is 31.5 Å². The number of ether oxygens (including phenoxy) is 1. The van der Waals surface area contributed by atoms with E-state index in [-0.39, 0.29) is 5.69 Å². The number of hydrogen-bond donors (Lipinski definition) is 0. The highest BCUT2D eigenvalue weighted by Gasteiger charge is 2.13. The highest BCUT2D eigenvalue weighted by molar-refractivity contribution is 5.83. The van der Waals surface area contributed by atoms with Gasteiger partial charge in [0.05, 0.1) is 17.8 Å². The van der Waals surface area contributed by atoms with Crippen molar-refractivity contribution >= 4 is 11.0 Å². The van der Waals surface area contributed by atoms with Gasteiger partial charge in [-0.3, -0.25) is 0 Å². The SMILES string of the molecule is CCN(CC)CCCOc1ccc(-c2cc3c(nnn3C)c(C#N)n2)cc1C. The second-order valence-electron chi connectivity index (χ2n) is 6.76. The maximum Gasteiger partial charge on any atom is 0.170 e. The number of rotatable bonds is 8. The van der Waals surface area contributed by atoms with Crippen molar-refractivity contribution in [1.82, 2.24) is 24.9 Å². The Labute approximate surface area is 165 Å². The minimum absolute atomic E-state index is 0.287. The predicted octanol–water partition coefficient (Wildman–Crippen LogP) is 3.32. The highest BCUT2D eigenvalue weighted by atomic mass is 16.5. The number of benzene rings is 1. The normalized spacial score (nSPS) is 11.1. The number of nitriles is 1. The molecule has 0 fully saturated rings. The summed E-state index contributed by atoms with van der Waals surface area (Å²) in [7, 11) is 1.81. The fraction of sp³-hybridized carbons (Fsp3) is 0.429. The Morgan fingerprint density at radius 1 is 1.21 bits per heavy atom. The number of aromatic nitrogens is 4. The van der Waals surface area contributed by atoms with Crippen molar-refractivity contribution in [2.75, 3.05) is 26.2 Å². The first-order valence-electron chi connectivity index (χ1n) is 9.64. The minimum atomic E-state index is 0.287. The molecule has 3 aromatic rings. The molecule has 2 aromatic heterocycles. The molecule has 0 spiro atoms. The largest absolute Gasteiger partial charge is 0.493 e. The van der Waals surface area contributed by atoms with Crippen LogP contribution >= 0.6 is 0 Å². The molecule has 0 N–H and O–H groups in total. The van der Waals surface area contributed by atoms with Gasteiger partial charge in [-0.15, -0.1) is 5.10 Å². The van der Waals surface area contributed by atoms with E-state index in [1.54, 1.807) is 11.7 Å². The lowest BCUT2D eigenvalue weighted by Crippen LogP contribution is -2.25. The van der Waals surface area contributed by atoms with E-state index >= 15 is 0 Å². The zero-order valence-corrected chi connectivity index (χ0v) is 16.9. The molecule has 0 saturated carbocycles. The number of aryl methyl sites for hydroxylation is 2. The van der Waals surface area contributed by atoms with E-state index in [0.29, 0.717) is 12.1 Å². The third kappa shape index (κ3) is 4.12. The third-order valence-electron chi connectivity index (χ3n) is 4.95. The molecule has 0 unspecified atom stereocenters. The lowest BCUT2D eigenvalue weighted by Gasteiger charge is -2.18. The highest BCUT2D eigenvalue weighted by Crippen LogP contribution is 2.27. The Morgan fingerprint density at radius 2 is 2.00 bits per heavy atom. The summed E-state index contributed by atoms with van der Waals surface area (Å²) in [6.45, 7) is 10.3. The maximum absolute atomic E-state index is 9.40. The van der Waals surface area contributed by atoms with Crippen molar-refractivity contribution in [1.29, 1.82) is 5.26 Å². The van der Waals surface area contributed by atoms with Crippen molar-refractivity contribution in [2.24, 2.45) is 7.05 Å². The number of fused-ring (bicyclic) bond motifs is 1. The van der Waals surface area contributed by atoms with Crippen molar-refractivity contribution in [3.8, 4) is 23.1 Å². The van der Waals surface area contributed by atoms with Crippen molar-refractivity contribution in [3.05, 3.63) is 35.5 Å². The molecule has 146 valence electrons. The Bertz CT molecular complexity index is 1000. The summed E-state index contributed by atoms with van der Waals surface area (Å²) < 4.78 is 7.62. The van der Waals surface area contributed by atoms with Crippen LogP contribution in [0, 0.1) is 18.3 Å². The molecule has 0 bridgehead atoms. The number of nitrogens with zero attached hydrogens (tertiary/aromatic N) is 6. The first kappa shape index (κ1) is 19.8. The van der Waals surface area contributed by atoms with E-state index in [1.807, 2.05) is 31.2 Å². The van der Waals surface area contributed by atoms with Crippen molar-refractivity contribution in [2.45, 2.75) is 27.2 Å². The molecule has 7 heteroatoms. The van der Waals surface area contributed by atoms with Crippen LogP contribution in [0.15, 0.2) is 24.3 Å². The molecular formula is C21H26N6O. The van der Waals surface area contributed by atoms with Crippen LogP contribution in [0.4, 0.5) is 0 Å². The molecule has 0 radical (unpaired) electrons. The molecule has 7 nitrogen and oxygen atoms in total. The minimum Gasteiger partial charge on any atom is -0.493 e. The average Bonchev–Trinajstić information content (AvgIpc) is 3.09. The van der Waals surface area contributed by atoms with Gasteiger partial charge in [-0.1, -0.05) is 19.1 Å². The van der Waals surface area contributed by atoms with Crippen LogP contribution in [0.2, 0.25) is 0 Å². The molecule has 3 rings (SSSR count). The van der Waals surface area contributed by atoms with Crippen LogP contribution in [-0.4, -0.2) is 51.1 Å². The molecule has 1 aromatic carbocycles. The van der Waals surface area contributed by atoms with Gasteiger partial charge >= 0.3 is 0 Å².